The van der Waals surface area contributed by atoms with Crippen molar-refractivity contribution in [2.45, 2.75) is 6.18 Å². The molecule has 7 nitrogen and oxygen atoms in total. The van der Waals surface area contributed by atoms with Crippen LogP contribution < -0.4 is 22.5 Å². The summed E-state index contributed by atoms with van der Waals surface area (Å²) in [4.78, 5) is 19.0. The third-order valence-electron chi connectivity index (χ3n) is 1.35. The molecule has 1 aromatic rings. The molecule has 0 saturated carbocycles. The molecule has 0 aliphatic heterocycles. The van der Waals surface area contributed by atoms with Crippen molar-refractivity contribution in [1.29, 1.82) is 0 Å². The molecule has 0 aliphatic rings. The van der Waals surface area contributed by atoms with Crippen LogP contribution in [0.2, 0.25) is 0 Å². The molecule has 0 radical (unpaired) electrons. The van der Waals surface area contributed by atoms with Gasteiger partial charge < -0.3 is 32.4 Å². The summed E-state index contributed by atoms with van der Waals surface area (Å²) in [6.07, 6.45) is -5.19. The minimum Gasteiger partial charge on any atom is -0.872 e. The van der Waals surface area contributed by atoms with E-state index < -0.39 is 23.9 Å². The smallest absolute Gasteiger partial charge is 0.430 e. The number of halogens is 3. The van der Waals surface area contributed by atoms with Crippen LogP contribution in [0.15, 0.2) is 24.3 Å². The Balaban J connectivity index is -0.000000258. The summed E-state index contributed by atoms with van der Waals surface area (Å²) in [6, 6.07) is 5.54. The maximum atomic E-state index is 10.7. The van der Waals surface area contributed by atoms with Gasteiger partial charge in [0.2, 0.25) is 0 Å². The second-order valence-corrected chi connectivity index (χ2v) is 2.59. The second-order valence-electron chi connectivity index (χ2n) is 2.59. The van der Waals surface area contributed by atoms with Crippen molar-refractivity contribution in [2.24, 2.45) is 0 Å². The molecule has 0 aliphatic carbocycles. The molecule has 10 heteroatoms. The van der Waals surface area contributed by atoms with Crippen molar-refractivity contribution in [3.8, 4) is 5.75 Å². The molecule has 110 valence electrons. The van der Waals surface area contributed by atoms with E-state index >= 15 is 0 Å². The zero-order valence-electron chi connectivity index (χ0n) is 10.0. The molecule has 0 bridgehead atoms. The van der Waals surface area contributed by atoms with Crippen LogP contribution in [0.25, 0.3) is 0 Å². The topological polar surface area (TPSA) is 173 Å². The lowest BCUT2D eigenvalue weighted by Crippen LogP contribution is -2.37. The number of carbonyl (C=O) groups is 2. The Morgan fingerprint density at radius 3 is 1.68 bits per heavy atom. The summed E-state index contributed by atoms with van der Waals surface area (Å²) in [5.41, 5.74) is -0.178. The quantitative estimate of drug-likeness (QED) is 0.680. The van der Waals surface area contributed by atoms with Crippen molar-refractivity contribution in [3.05, 3.63) is 29.8 Å². The summed E-state index contributed by atoms with van der Waals surface area (Å²) in [5, 5.41) is 27.8. The number of carboxylic acids is 2. The Bertz CT molecular complexity index is 423. The average molecular weight is 286 g/mol. The zero-order chi connectivity index (χ0) is 13.6. The van der Waals surface area contributed by atoms with Crippen molar-refractivity contribution < 1.29 is 38.1 Å². The van der Waals surface area contributed by atoms with Gasteiger partial charge in [-0.25, -0.2) is 4.79 Å². The predicted octanol–water partition coefficient (Wildman–Crippen LogP) is 0.509. The van der Waals surface area contributed by atoms with E-state index in [1.54, 1.807) is 0 Å². The van der Waals surface area contributed by atoms with Crippen molar-refractivity contribution in [3.63, 3.8) is 0 Å². The van der Waals surface area contributed by atoms with E-state index in [4.69, 9.17) is 15.0 Å². The van der Waals surface area contributed by atoms with Gasteiger partial charge in [-0.2, -0.15) is 13.2 Å². The fourth-order valence-electron chi connectivity index (χ4n) is 0.643. The van der Waals surface area contributed by atoms with Crippen LogP contribution in [-0.2, 0) is 4.79 Å². The molecule has 0 unspecified atom stereocenters. The standard InChI is InChI=1S/C7H6O3.C2HF3O2.2H3N/c8-6-4-2-1-3-5(6)7(9)10;3-2(4,5)1(6)7;;/h1-4,8H,(H,9,10);(H,6,7);2*1H3. The Morgan fingerprint density at radius 1 is 1.11 bits per heavy atom. The summed E-state index contributed by atoms with van der Waals surface area (Å²) in [5.74, 6) is -4.63. The molecule has 9 N–H and O–H groups in total. The first-order chi connectivity index (χ1) is 7.66. The van der Waals surface area contributed by atoms with Gasteiger partial charge in [0, 0.05) is 0 Å². The maximum Gasteiger partial charge on any atom is 0.430 e. The summed E-state index contributed by atoms with van der Waals surface area (Å²) in [6.45, 7) is 0. The number of carbonyl (C=O) groups excluding carboxylic acids is 1. The zero-order valence-corrected chi connectivity index (χ0v) is 10.0. The van der Waals surface area contributed by atoms with Gasteiger partial charge in [0.25, 0.3) is 0 Å². The molecule has 0 aromatic heterocycles. The largest absolute Gasteiger partial charge is 0.872 e. The molecule has 1 rings (SSSR count). The first-order valence-electron chi connectivity index (χ1n) is 3.93. The van der Waals surface area contributed by atoms with Gasteiger partial charge in [-0.05, 0) is 6.07 Å². The number of aromatic carboxylic acids is 1. The van der Waals surface area contributed by atoms with E-state index in [2.05, 4.69) is 0 Å². The first-order valence-corrected chi connectivity index (χ1v) is 3.93. The fraction of sp³-hybridized carbons (Fsp3) is 0.111. The number of benzene rings is 1. The van der Waals surface area contributed by atoms with Crippen molar-refractivity contribution in [2.75, 3.05) is 0 Å². The Hall–Kier alpha value is -2.33. The average Bonchev–Trinajstić information content (AvgIpc) is 2.17. The Kier molecular flexibility index (Phi) is 10.0. The van der Waals surface area contributed by atoms with Crippen LogP contribution in [-0.4, -0.2) is 23.2 Å². The van der Waals surface area contributed by atoms with Gasteiger partial charge >= 0.3 is 12.1 Å². The van der Waals surface area contributed by atoms with E-state index in [-0.39, 0.29) is 17.9 Å². The van der Waals surface area contributed by atoms with Crippen LogP contribution in [0.1, 0.15) is 10.4 Å². The van der Waals surface area contributed by atoms with Crippen LogP contribution in [0.4, 0.5) is 13.2 Å². The first kappa shape index (κ1) is 21.9. The molecule has 0 amide bonds. The number of hydrogen-bond acceptors (Lipinski definition) is 4. The SMILES string of the molecule is O=C(O)c1ccccc1[O-].O=C([O-])C(F)(F)F.[NH4+].[NH4+]. The lowest BCUT2D eigenvalue weighted by atomic mass is 10.2. The third kappa shape index (κ3) is 8.40. The number of rotatable bonds is 1. The van der Waals surface area contributed by atoms with Crippen LogP contribution in [0.5, 0.6) is 5.75 Å². The van der Waals surface area contributed by atoms with Crippen LogP contribution >= 0.6 is 0 Å². The number of aliphatic carboxylic acids is 1. The van der Waals surface area contributed by atoms with E-state index in [0.717, 1.165) is 0 Å². The number of hydrogen-bond donors (Lipinski definition) is 3. The van der Waals surface area contributed by atoms with Gasteiger partial charge in [-0.1, -0.05) is 23.9 Å². The highest BCUT2D eigenvalue weighted by molar-refractivity contribution is 5.90. The van der Waals surface area contributed by atoms with Gasteiger partial charge in [0.15, 0.2) is 0 Å². The van der Waals surface area contributed by atoms with E-state index in [1.807, 2.05) is 0 Å². The molecule has 19 heavy (non-hydrogen) atoms. The monoisotopic (exact) mass is 286 g/mol. The fourth-order valence-corrected chi connectivity index (χ4v) is 0.643. The molecule has 0 heterocycles. The number of para-hydroxylation sites is 1. The lowest BCUT2D eigenvalue weighted by molar-refractivity contribution is -0.344. The Labute approximate surface area is 105 Å². The molecule has 0 fully saturated rings. The van der Waals surface area contributed by atoms with Crippen LogP contribution in [0, 0.1) is 0 Å². The maximum absolute atomic E-state index is 10.7. The number of quaternary nitrogens is 2. The van der Waals surface area contributed by atoms with E-state index in [0.29, 0.717) is 0 Å². The van der Waals surface area contributed by atoms with Gasteiger partial charge in [-0.3, -0.25) is 0 Å². The minimum atomic E-state index is -5.19. The molecular weight excluding hydrogens is 273 g/mol. The summed E-state index contributed by atoms with van der Waals surface area (Å²) in [7, 11) is 0. The molecule has 0 spiro atoms. The minimum absolute atomic E-state index is 0. The molecular formula is C9H13F3N2O5. The Morgan fingerprint density at radius 2 is 1.47 bits per heavy atom. The normalized spacial score (nSPS) is 9.00. The second kappa shape index (κ2) is 8.72. The number of carboxylic acid groups (broad SMARTS) is 2. The summed E-state index contributed by atoms with van der Waals surface area (Å²) < 4.78 is 31.5. The predicted molar refractivity (Wildman–Crippen MR) is 55.9 cm³/mol. The molecule has 0 saturated heterocycles. The molecule has 1 aromatic carbocycles. The highest BCUT2D eigenvalue weighted by atomic mass is 19.4. The van der Waals surface area contributed by atoms with Crippen molar-refractivity contribution in [1.82, 2.24) is 12.3 Å². The highest BCUT2D eigenvalue weighted by Gasteiger charge is 2.28. The van der Waals surface area contributed by atoms with E-state index in [1.165, 1.54) is 24.3 Å². The van der Waals surface area contributed by atoms with Gasteiger partial charge in [0.05, 0.1) is 5.56 Å². The third-order valence-corrected chi connectivity index (χ3v) is 1.35. The van der Waals surface area contributed by atoms with Gasteiger partial charge in [0.1, 0.15) is 5.97 Å². The lowest BCUT2D eigenvalue weighted by Gasteiger charge is -2.07. The highest BCUT2D eigenvalue weighted by Crippen LogP contribution is 2.11. The van der Waals surface area contributed by atoms with Gasteiger partial charge in [-0.15, -0.1) is 0 Å². The summed E-state index contributed by atoms with van der Waals surface area (Å²) >= 11 is 0. The van der Waals surface area contributed by atoms with Crippen LogP contribution in [0.3, 0.4) is 0 Å². The van der Waals surface area contributed by atoms with E-state index in [9.17, 15) is 23.1 Å². The number of alkyl halides is 3. The molecule has 0 atom stereocenters. The van der Waals surface area contributed by atoms with Crippen molar-refractivity contribution >= 4 is 11.9 Å².